The fourth-order valence-corrected chi connectivity index (χ4v) is 2.50. The Morgan fingerprint density at radius 3 is 2.26 bits per heavy atom. The van der Waals surface area contributed by atoms with Crippen molar-refractivity contribution in [1.29, 1.82) is 0 Å². The standard InChI is InChI=1S/C20H24N2O5/c1-25-16-7-5-4-6-15(16)22-20(24)13-21-19(23)11-9-14-8-10-17(26-2)18(12-14)27-3/h4-8,10,12H,9,11,13H2,1-3H3,(H,21,23)(H,22,24). The minimum atomic E-state index is -0.320. The minimum Gasteiger partial charge on any atom is -0.495 e. The van der Waals surface area contributed by atoms with Crippen molar-refractivity contribution in [3.63, 3.8) is 0 Å². The van der Waals surface area contributed by atoms with Crippen LogP contribution in [-0.4, -0.2) is 39.7 Å². The Labute approximate surface area is 158 Å². The topological polar surface area (TPSA) is 85.9 Å². The van der Waals surface area contributed by atoms with E-state index in [9.17, 15) is 9.59 Å². The molecular weight excluding hydrogens is 348 g/mol. The van der Waals surface area contributed by atoms with E-state index in [2.05, 4.69) is 10.6 Å². The summed E-state index contributed by atoms with van der Waals surface area (Å²) in [6.07, 6.45) is 0.789. The lowest BCUT2D eigenvalue weighted by atomic mass is 10.1. The molecule has 0 aliphatic rings. The van der Waals surface area contributed by atoms with Crippen LogP contribution >= 0.6 is 0 Å². The lowest BCUT2D eigenvalue weighted by Crippen LogP contribution is -2.33. The summed E-state index contributed by atoms with van der Waals surface area (Å²) in [6.45, 7) is -0.108. The molecule has 2 aromatic rings. The Morgan fingerprint density at radius 2 is 1.56 bits per heavy atom. The first-order valence-corrected chi connectivity index (χ1v) is 8.47. The fraction of sp³-hybridized carbons (Fsp3) is 0.300. The number of carbonyl (C=O) groups excluding carboxylic acids is 2. The molecule has 0 unspecified atom stereocenters. The molecular formula is C20H24N2O5. The third kappa shape index (κ3) is 5.91. The Balaban J connectivity index is 1.80. The van der Waals surface area contributed by atoms with Gasteiger partial charge in [-0.3, -0.25) is 9.59 Å². The highest BCUT2D eigenvalue weighted by atomic mass is 16.5. The summed E-state index contributed by atoms with van der Waals surface area (Å²) in [6, 6.07) is 12.6. The molecule has 2 rings (SSSR count). The third-order valence-electron chi connectivity index (χ3n) is 3.92. The molecule has 2 N–H and O–H groups in total. The Hall–Kier alpha value is -3.22. The Kier molecular flexibility index (Phi) is 7.49. The molecule has 7 nitrogen and oxygen atoms in total. The second-order valence-electron chi connectivity index (χ2n) is 5.71. The molecule has 0 aromatic heterocycles. The number of anilines is 1. The number of carbonyl (C=O) groups is 2. The van der Waals surface area contributed by atoms with Crippen LogP contribution in [0.15, 0.2) is 42.5 Å². The predicted molar refractivity (Wildman–Crippen MR) is 103 cm³/mol. The van der Waals surface area contributed by atoms with Crippen molar-refractivity contribution in [2.45, 2.75) is 12.8 Å². The van der Waals surface area contributed by atoms with Crippen molar-refractivity contribution in [2.75, 3.05) is 33.2 Å². The maximum Gasteiger partial charge on any atom is 0.243 e. The molecule has 0 aliphatic carbocycles. The SMILES string of the molecule is COc1ccccc1NC(=O)CNC(=O)CCc1ccc(OC)c(OC)c1. The summed E-state index contributed by atoms with van der Waals surface area (Å²) >= 11 is 0. The van der Waals surface area contributed by atoms with Gasteiger partial charge in [0.1, 0.15) is 5.75 Å². The fourth-order valence-electron chi connectivity index (χ4n) is 2.50. The molecule has 0 saturated heterocycles. The molecule has 7 heteroatoms. The van der Waals surface area contributed by atoms with E-state index in [0.717, 1.165) is 5.56 Å². The molecule has 0 fully saturated rings. The number of ether oxygens (including phenoxy) is 3. The number of benzene rings is 2. The summed E-state index contributed by atoms with van der Waals surface area (Å²) in [4.78, 5) is 24.0. The van der Waals surface area contributed by atoms with Crippen LogP contribution < -0.4 is 24.8 Å². The van der Waals surface area contributed by atoms with E-state index in [1.807, 2.05) is 18.2 Å². The molecule has 144 valence electrons. The van der Waals surface area contributed by atoms with Crippen LogP contribution in [0, 0.1) is 0 Å². The van der Waals surface area contributed by atoms with Crippen molar-refractivity contribution in [1.82, 2.24) is 5.32 Å². The van der Waals surface area contributed by atoms with Gasteiger partial charge in [0.15, 0.2) is 11.5 Å². The molecule has 0 aliphatic heterocycles. The Morgan fingerprint density at radius 1 is 0.852 bits per heavy atom. The Bertz CT molecular complexity index is 792. The maximum atomic E-state index is 12.0. The van der Waals surface area contributed by atoms with Gasteiger partial charge in [-0.05, 0) is 36.2 Å². The van der Waals surface area contributed by atoms with Gasteiger partial charge in [-0.15, -0.1) is 0 Å². The highest BCUT2D eigenvalue weighted by Crippen LogP contribution is 2.28. The monoisotopic (exact) mass is 372 g/mol. The summed E-state index contributed by atoms with van der Waals surface area (Å²) in [7, 11) is 4.66. The first-order chi connectivity index (χ1) is 13.1. The number of hydrogen-bond donors (Lipinski definition) is 2. The van der Waals surface area contributed by atoms with Gasteiger partial charge in [-0.2, -0.15) is 0 Å². The van der Waals surface area contributed by atoms with Crippen LogP contribution in [0.2, 0.25) is 0 Å². The predicted octanol–water partition coefficient (Wildman–Crippen LogP) is 2.40. The first kappa shape index (κ1) is 20.1. The number of para-hydroxylation sites is 2. The maximum absolute atomic E-state index is 12.0. The van der Waals surface area contributed by atoms with E-state index >= 15 is 0 Å². The lowest BCUT2D eigenvalue weighted by Gasteiger charge is -2.11. The van der Waals surface area contributed by atoms with Gasteiger partial charge >= 0.3 is 0 Å². The summed E-state index contributed by atoms with van der Waals surface area (Å²) < 4.78 is 15.6. The molecule has 27 heavy (non-hydrogen) atoms. The molecule has 2 aromatic carbocycles. The van der Waals surface area contributed by atoms with Gasteiger partial charge in [-0.25, -0.2) is 0 Å². The summed E-state index contributed by atoms with van der Waals surface area (Å²) in [5, 5.41) is 5.32. The second-order valence-corrected chi connectivity index (χ2v) is 5.71. The molecule has 0 heterocycles. The van der Waals surface area contributed by atoms with Crippen molar-refractivity contribution >= 4 is 17.5 Å². The van der Waals surface area contributed by atoms with Crippen LogP contribution in [0.1, 0.15) is 12.0 Å². The van der Waals surface area contributed by atoms with E-state index in [0.29, 0.717) is 29.4 Å². The lowest BCUT2D eigenvalue weighted by molar-refractivity contribution is -0.124. The van der Waals surface area contributed by atoms with Gasteiger partial charge < -0.3 is 24.8 Å². The van der Waals surface area contributed by atoms with Crippen LogP contribution in [-0.2, 0) is 16.0 Å². The zero-order chi connectivity index (χ0) is 19.6. The van der Waals surface area contributed by atoms with Gasteiger partial charge in [0, 0.05) is 6.42 Å². The molecule has 0 atom stereocenters. The first-order valence-electron chi connectivity index (χ1n) is 8.47. The molecule has 0 radical (unpaired) electrons. The van der Waals surface area contributed by atoms with E-state index in [-0.39, 0.29) is 24.8 Å². The van der Waals surface area contributed by atoms with Crippen molar-refractivity contribution in [3.8, 4) is 17.2 Å². The highest BCUT2D eigenvalue weighted by molar-refractivity contribution is 5.95. The number of rotatable bonds is 9. The van der Waals surface area contributed by atoms with Gasteiger partial charge in [0.05, 0.1) is 33.6 Å². The van der Waals surface area contributed by atoms with Crippen LogP contribution in [0.5, 0.6) is 17.2 Å². The minimum absolute atomic E-state index is 0.108. The van der Waals surface area contributed by atoms with E-state index in [4.69, 9.17) is 14.2 Å². The number of hydrogen-bond acceptors (Lipinski definition) is 5. The van der Waals surface area contributed by atoms with Crippen LogP contribution in [0.4, 0.5) is 5.69 Å². The second kappa shape index (κ2) is 10.1. The quantitative estimate of drug-likeness (QED) is 0.706. The van der Waals surface area contributed by atoms with Crippen molar-refractivity contribution in [2.24, 2.45) is 0 Å². The number of nitrogens with one attached hydrogen (secondary N) is 2. The average Bonchev–Trinajstić information content (AvgIpc) is 2.70. The molecule has 0 bridgehead atoms. The molecule has 0 spiro atoms. The van der Waals surface area contributed by atoms with Crippen molar-refractivity contribution < 1.29 is 23.8 Å². The smallest absolute Gasteiger partial charge is 0.243 e. The normalized spacial score (nSPS) is 10.0. The van der Waals surface area contributed by atoms with Crippen LogP contribution in [0.25, 0.3) is 0 Å². The zero-order valence-electron chi connectivity index (χ0n) is 15.7. The van der Waals surface area contributed by atoms with E-state index < -0.39 is 0 Å². The number of amides is 2. The summed E-state index contributed by atoms with van der Waals surface area (Å²) in [5.74, 6) is 1.29. The molecule has 2 amide bonds. The van der Waals surface area contributed by atoms with Gasteiger partial charge in [-0.1, -0.05) is 18.2 Å². The van der Waals surface area contributed by atoms with E-state index in [1.54, 1.807) is 38.5 Å². The van der Waals surface area contributed by atoms with Crippen LogP contribution in [0.3, 0.4) is 0 Å². The van der Waals surface area contributed by atoms with Crippen molar-refractivity contribution in [3.05, 3.63) is 48.0 Å². The number of aryl methyl sites for hydroxylation is 1. The largest absolute Gasteiger partial charge is 0.495 e. The summed E-state index contributed by atoms with van der Waals surface area (Å²) in [5.41, 5.74) is 1.51. The molecule has 0 saturated carbocycles. The third-order valence-corrected chi connectivity index (χ3v) is 3.92. The number of methoxy groups -OCH3 is 3. The van der Waals surface area contributed by atoms with Gasteiger partial charge in [0.25, 0.3) is 0 Å². The highest BCUT2D eigenvalue weighted by Gasteiger charge is 2.10. The van der Waals surface area contributed by atoms with Gasteiger partial charge in [0.2, 0.25) is 11.8 Å². The van der Waals surface area contributed by atoms with E-state index in [1.165, 1.54) is 7.11 Å². The zero-order valence-corrected chi connectivity index (χ0v) is 15.7. The average molecular weight is 372 g/mol.